The van der Waals surface area contributed by atoms with Crippen molar-refractivity contribution in [3.63, 3.8) is 0 Å². The van der Waals surface area contributed by atoms with Gasteiger partial charge in [0.2, 0.25) is 0 Å². The van der Waals surface area contributed by atoms with Gasteiger partial charge in [0.1, 0.15) is 11.2 Å². The first-order valence-corrected chi connectivity index (χ1v) is 21.2. The molecule has 0 aliphatic carbocycles. The van der Waals surface area contributed by atoms with E-state index in [-0.39, 0.29) is 0 Å². The van der Waals surface area contributed by atoms with Crippen molar-refractivity contribution in [2.24, 2.45) is 0 Å². The highest BCUT2D eigenvalue weighted by atomic mass is 16.3. The Morgan fingerprint density at radius 3 is 1.53 bits per heavy atom. The molecule has 0 fully saturated rings. The average molecular weight is 790 g/mol. The van der Waals surface area contributed by atoms with Gasteiger partial charge in [0.15, 0.2) is 0 Å². The minimum absolute atomic E-state index is 0.912. The highest BCUT2D eigenvalue weighted by molar-refractivity contribution is 6.15. The summed E-state index contributed by atoms with van der Waals surface area (Å²) >= 11 is 0. The van der Waals surface area contributed by atoms with Crippen molar-refractivity contribution in [1.82, 2.24) is 0 Å². The van der Waals surface area contributed by atoms with Crippen molar-refractivity contribution in [3.05, 3.63) is 237 Å². The van der Waals surface area contributed by atoms with Crippen LogP contribution in [-0.4, -0.2) is 0 Å². The van der Waals surface area contributed by atoms with Crippen LogP contribution in [0, 0.1) is 0 Å². The van der Waals surface area contributed by atoms with E-state index in [1.807, 2.05) is 12.1 Å². The van der Waals surface area contributed by atoms with Gasteiger partial charge < -0.3 is 9.32 Å². The first-order valence-electron chi connectivity index (χ1n) is 21.2. The summed E-state index contributed by atoms with van der Waals surface area (Å²) in [5, 5.41) is 9.54. The Balaban J connectivity index is 0.969. The van der Waals surface area contributed by atoms with Gasteiger partial charge in [0, 0.05) is 33.1 Å². The second-order valence-corrected chi connectivity index (χ2v) is 16.1. The van der Waals surface area contributed by atoms with Gasteiger partial charge in [-0.15, -0.1) is 0 Å². The van der Waals surface area contributed by atoms with Crippen molar-refractivity contribution in [2.45, 2.75) is 0 Å². The molecule has 2 nitrogen and oxygen atoms in total. The fourth-order valence-electron chi connectivity index (χ4n) is 9.43. The molecule has 0 bridgehead atoms. The topological polar surface area (TPSA) is 16.4 Å². The molecule has 2 heteroatoms. The van der Waals surface area contributed by atoms with Crippen LogP contribution in [0.5, 0.6) is 0 Å². The molecule has 12 rings (SSSR count). The van der Waals surface area contributed by atoms with Gasteiger partial charge >= 0.3 is 0 Å². The first kappa shape index (κ1) is 35.7. The number of para-hydroxylation sites is 2. The lowest BCUT2D eigenvalue weighted by Gasteiger charge is -2.28. The van der Waals surface area contributed by atoms with Gasteiger partial charge in [-0.3, -0.25) is 0 Å². The van der Waals surface area contributed by atoms with Crippen molar-refractivity contribution < 1.29 is 4.42 Å². The van der Waals surface area contributed by atoms with E-state index in [0.29, 0.717) is 0 Å². The standard InChI is InChI=1S/C60H39NO/c1-3-18-50-41(12-1)14-10-22-52(50)43-28-34-49(35-29-43)61(48-32-26-40(27-33-48)44-16-9-17-45(38-44)53-23-11-15-42-13-2-4-19-51(42)53)58-24-7-5-20-54(58)46-30-36-55-47(39-46)31-37-57-56-21-6-8-25-59(56)62-60(55)57/h1-39H. The summed E-state index contributed by atoms with van der Waals surface area (Å²) in [6.07, 6.45) is 0. The van der Waals surface area contributed by atoms with Gasteiger partial charge in [0.25, 0.3) is 0 Å². The molecular formula is C60H39NO. The van der Waals surface area contributed by atoms with Crippen molar-refractivity contribution in [2.75, 3.05) is 4.90 Å². The third kappa shape index (κ3) is 6.12. The molecule has 0 aliphatic heterocycles. The van der Waals surface area contributed by atoms with E-state index >= 15 is 0 Å². The summed E-state index contributed by atoms with van der Waals surface area (Å²) in [5.74, 6) is 0. The zero-order valence-electron chi connectivity index (χ0n) is 33.9. The Hall–Kier alpha value is -8.20. The van der Waals surface area contributed by atoms with E-state index in [2.05, 4.69) is 229 Å². The smallest absolute Gasteiger partial charge is 0.143 e. The van der Waals surface area contributed by atoms with E-state index < -0.39 is 0 Å². The maximum Gasteiger partial charge on any atom is 0.143 e. The number of anilines is 3. The number of rotatable bonds is 7. The quantitative estimate of drug-likeness (QED) is 0.160. The molecular weight excluding hydrogens is 751 g/mol. The minimum Gasteiger partial charge on any atom is -0.455 e. The van der Waals surface area contributed by atoms with Gasteiger partial charge in [0.05, 0.1) is 5.69 Å². The Morgan fingerprint density at radius 2 is 0.790 bits per heavy atom. The highest BCUT2D eigenvalue weighted by Crippen LogP contribution is 2.44. The van der Waals surface area contributed by atoms with Crippen molar-refractivity contribution in [3.8, 4) is 44.5 Å². The predicted molar refractivity (Wildman–Crippen MR) is 263 cm³/mol. The zero-order chi connectivity index (χ0) is 41.0. The molecule has 1 heterocycles. The molecule has 0 saturated carbocycles. The molecule has 0 saturated heterocycles. The Labute approximate surface area is 360 Å². The summed E-state index contributed by atoms with van der Waals surface area (Å²) in [5.41, 5.74) is 14.6. The van der Waals surface area contributed by atoms with Crippen LogP contribution in [0.2, 0.25) is 0 Å². The van der Waals surface area contributed by atoms with Gasteiger partial charge in [-0.25, -0.2) is 0 Å². The zero-order valence-corrected chi connectivity index (χ0v) is 33.9. The van der Waals surface area contributed by atoms with Gasteiger partial charge in [-0.1, -0.05) is 176 Å². The van der Waals surface area contributed by atoms with Crippen LogP contribution >= 0.6 is 0 Å². The molecule has 0 radical (unpaired) electrons. The maximum atomic E-state index is 6.43. The Bertz CT molecular complexity index is 3620. The average Bonchev–Trinajstić information content (AvgIpc) is 3.74. The maximum absolute atomic E-state index is 6.43. The van der Waals surface area contributed by atoms with Gasteiger partial charge in [-0.2, -0.15) is 0 Å². The summed E-state index contributed by atoms with van der Waals surface area (Å²) in [6, 6.07) is 85.5. The first-order chi connectivity index (χ1) is 30.7. The fraction of sp³-hybridized carbons (Fsp3) is 0. The lowest BCUT2D eigenvalue weighted by molar-refractivity contribution is 0.672. The molecule has 0 aliphatic rings. The second-order valence-electron chi connectivity index (χ2n) is 16.1. The number of benzene rings is 11. The fourth-order valence-corrected chi connectivity index (χ4v) is 9.43. The highest BCUT2D eigenvalue weighted by Gasteiger charge is 2.19. The molecule has 290 valence electrons. The van der Waals surface area contributed by atoms with Crippen LogP contribution in [0.3, 0.4) is 0 Å². The summed E-state index contributed by atoms with van der Waals surface area (Å²) < 4.78 is 6.43. The van der Waals surface area contributed by atoms with Crippen LogP contribution in [0.4, 0.5) is 17.1 Å². The number of nitrogens with zero attached hydrogens (tertiary/aromatic N) is 1. The second kappa shape index (κ2) is 14.8. The molecule has 62 heavy (non-hydrogen) atoms. The Morgan fingerprint density at radius 1 is 0.274 bits per heavy atom. The molecule has 0 unspecified atom stereocenters. The largest absolute Gasteiger partial charge is 0.455 e. The summed E-state index contributed by atoms with van der Waals surface area (Å²) in [7, 11) is 0. The van der Waals surface area contributed by atoms with Crippen LogP contribution in [0.1, 0.15) is 0 Å². The third-order valence-corrected chi connectivity index (χ3v) is 12.5. The number of hydrogen-bond acceptors (Lipinski definition) is 2. The van der Waals surface area contributed by atoms with E-state index in [9.17, 15) is 0 Å². The van der Waals surface area contributed by atoms with Crippen LogP contribution in [0.15, 0.2) is 241 Å². The van der Waals surface area contributed by atoms with Crippen LogP contribution in [-0.2, 0) is 0 Å². The summed E-state index contributed by atoms with van der Waals surface area (Å²) in [4.78, 5) is 2.39. The van der Waals surface area contributed by atoms with E-state index in [4.69, 9.17) is 4.42 Å². The third-order valence-electron chi connectivity index (χ3n) is 12.5. The number of hydrogen-bond donors (Lipinski definition) is 0. The molecule has 11 aromatic carbocycles. The molecule has 0 N–H and O–H groups in total. The number of fused-ring (bicyclic) bond motifs is 7. The normalized spacial score (nSPS) is 11.5. The molecule has 0 atom stereocenters. The van der Waals surface area contributed by atoms with E-state index in [0.717, 1.165) is 60.9 Å². The van der Waals surface area contributed by atoms with E-state index in [1.54, 1.807) is 0 Å². The van der Waals surface area contributed by atoms with Crippen LogP contribution < -0.4 is 4.90 Å². The molecule has 0 amide bonds. The monoisotopic (exact) mass is 789 g/mol. The lowest BCUT2D eigenvalue weighted by Crippen LogP contribution is -2.11. The van der Waals surface area contributed by atoms with Crippen molar-refractivity contribution >= 4 is 71.3 Å². The Kier molecular flexibility index (Phi) is 8.53. The SMILES string of the molecule is c1cc(-c2ccc(N(c3ccc(-c4cccc5ccccc45)cc3)c3ccccc3-c3ccc4c(ccc5c6ccccc6oc45)c3)cc2)cc(-c2cccc3ccccc23)c1. The van der Waals surface area contributed by atoms with Crippen molar-refractivity contribution in [1.29, 1.82) is 0 Å². The number of furan rings is 1. The van der Waals surface area contributed by atoms with E-state index in [1.165, 1.54) is 54.9 Å². The molecule has 0 spiro atoms. The predicted octanol–water partition coefficient (Wildman–Crippen LogP) is 17.2. The minimum atomic E-state index is 0.912. The van der Waals surface area contributed by atoms with Crippen LogP contribution in [0.25, 0.3) is 98.8 Å². The molecule has 1 aromatic heterocycles. The molecule has 12 aromatic rings. The van der Waals surface area contributed by atoms with Gasteiger partial charge in [-0.05, 0) is 127 Å². The summed E-state index contributed by atoms with van der Waals surface area (Å²) in [6.45, 7) is 0. The lowest BCUT2D eigenvalue weighted by atomic mass is 9.95.